The number of benzene rings is 1. The summed E-state index contributed by atoms with van der Waals surface area (Å²) in [5.74, 6) is -0.179. The van der Waals surface area contributed by atoms with E-state index in [1.165, 1.54) is 95.5 Å². The second-order valence-electron chi connectivity index (χ2n) is 9.00. The smallest absolute Gasteiger partial charge is 0.251 e. The number of unbranched alkanes of at least 4 members (excludes halogenated alkanes) is 13. The standard InChI is InChI=1S/C27H47N3O2/c1-3-5-6-7-8-9-10-11-12-13-14-15-16-17-18-23-19-21-24(22-20-23)27(31)29-25(4-2)26(28)30-32/h19-22,25,32H,3-18H2,1-2H3,(H2,28,30)(H,29,31). The highest BCUT2D eigenvalue weighted by molar-refractivity contribution is 5.98. The van der Waals surface area contributed by atoms with E-state index in [0.717, 1.165) is 6.42 Å². The minimum atomic E-state index is -0.456. The van der Waals surface area contributed by atoms with Crippen molar-refractivity contribution >= 4 is 11.7 Å². The van der Waals surface area contributed by atoms with Crippen molar-refractivity contribution in [2.75, 3.05) is 0 Å². The van der Waals surface area contributed by atoms with Gasteiger partial charge in [0.15, 0.2) is 5.84 Å². The Balaban J connectivity index is 2.08. The molecule has 1 atom stereocenters. The average molecular weight is 446 g/mol. The van der Waals surface area contributed by atoms with Crippen LogP contribution in [0.1, 0.15) is 126 Å². The van der Waals surface area contributed by atoms with Crippen LogP contribution in [0.25, 0.3) is 0 Å². The molecule has 0 saturated carbocycles. The van der Waals surface area contributed by atoms with Crippen molar-refractivity contribution in [2.24, 2.45) is 10.9 Å². The molecule has 182 valence electrons. The van der Waals surface area contributed by atoms with Crippen molar-refractivity contribution in [3.63, 3.8) is 0 Å². The molecule has 0 radical (unpaired) electrons. The van der Waals surface area contributed by atoms with E-state index in [1.54, 1.807) is 0 Å². The van der Waals surface area contributed by atoms with Crippen molar-refractivity contribution < 1.29 is 10.0 Å². The van der Waals surface area contributed by atoms with Crippen LogP contribution in [-0.4, -0.2) is 23.0 Å². The van der Waals surface area contributed by atoms with Crippen molar-refractivity contribution in [1.29, 1.82) is 0 Å². The molecule has 5 nitrogen and oxygen atoms in total. The molecule has 0 saturated heterocycles. The fourth-order valence-corrected chi connectivity index (χ4v) is 4.04. The highest BCUT2D eigenvalue weighted by atomic mass is 16.4. The quantitative estimate of drug-likeness (QED) is 0.0706. The molecule has 1 amide bonds. The molecule has 0 aromatic heterocycles. The lowest BCUT2D eigenvalue weighted by molar-refractivity contribution is 0.0945. The number of carbonyl (C=O) groups excluding carboxylic acids is 1. The first-order valence-corrected chi connectivity index (χ1v) is 13.0. The summed E-state index contributed by atoms with van der Waals surface area (Å²) in [5.41, 5.74) is 7.47. The number of hydrogen-bond donors (Lipinski definition) is 3. The van der Waals surface area contributed by atoms with E-state index in [-0.39, 0.29) is 11.7 Å². The molecule has 1 rings (SSSR count). The summed E-state index contributed by atoms with van der Waals surface area (Å²) < 4.78 is 0. The fraction of sp³-hybridized carbons (Fsp3) is 0.704. The SMILES string of the molecule is CCCCCCCCCCCCCCCCc1ccc(C(=O)NC(CC)/C(N)=N/O)cc1. The van der Waals surface area contributed by atoms with Gasteiger partial charge in [0.1, 0.15) is 0 Å². The Morgan fingerprint density at radius 3 is 1.75 bits per heavy atom. The lowest BCUT2D eigenvalue weighted by Crippen LogP contribution is -2.44. The number of amides is 1. The predicted molar refractivity (Wildman–Crippen MR) is 135 cm³/mol. The third kappa shape index (κ3) is 12.7. The van der Waals surface area contributed by atoms with Crippen molar-refractivity contribution in [2.45, 2.75) is 123 Å². The molecule has 32 heavy (non-hydrogen) atoms. The molecule has 0 aliphatic heterocycles. The number of carbonyl (C=O) groups is 1. The third-order valence-electron chi connectivity index (χ3n) is 6.22. The van der Waals surface area contributed by atoms with Crippen LogP contribution >= 0.6 is 0 Å². The van der Waals surface area contributed by atoms with Gasteiger partial charge in [-0.15, -0.1) is 0 Å². The van der Waals surface area contributed by atoms with Crippen LogP contribution in [0.4, 0.5) is 0 Å². The largest absolute Gasteiger partial charge is 0.409 e. The summed E-state index contributed by atoms with van der Waals surface area (Å²) in [6.45, 7) is 4.15. The van der Waals surface area contributed by atoms with Gasteiger partial charge in [-0.1, -0.05) is 115 Å². The van der Waals surface area contributed by atoms with E-state index in [9.17, 15) is 4.79 Å². The highest BCUT2D eigenvalue weighted by Crippen LogP contribution is 2.14. The maximum Gasteiger partial charge on any atom is 0.251 e. The minimum Gasteiger partial charge on any atom is -0.409 e. The average Bonchev–Trinajstić information content (AvgIpc) is 2.82. The number of nitrogens with two attached hydrogens (primary N) is 1. The summed E-state index contributed by atoms with van der Waals surface area (Å²) in [6, 6.07) is 7.31. The highest BCUT2D eigenvalue weighted by Gasteiger charge is 2.15. The number of oxime groups is 1. The number of aryl methyl sites for hydroxylation is 1. The number of nitrogens with zero attached hydrogens (tertiary/aromatic N) is 1. The molecular formula is C27H47N3O2. The zero-order valence-corrected chi connectivity index (χ0v) is 20.6. The topological polar surface area (TPSA) is 87.7 Å². The van der Waals surface area contributed by atoms with Gasteiger partial charge >= 0.3 is 0 Å². The molecule has 0 bridgehead atoms. The van der Waals surface area contributed by atoms with Gasteiger partial charge in [-0.2, -0.15) is 0 Å². The lowest BCUT2D eigenvalue weighted by Gasteiger charge is -2.15. The maximum absolute atomic E-state index is 12.3. The first-order chi connectivity index (χ1) is 15.6. The van der Waals surface area contributed by atoms with E-state index in [0.29, 0.717) is 12.0 Å². The summed E-state index contributed by atoms with van der Waals surface area (Å²) in [7, 11) is 0. The third-order valence-corrected chi connectivity index (χ3v) is 6.22. The Bertz CT molecular complexity index is 628. The molecule has 4 N–H and O–H groups in total. The molecule has 1 aromatic carbocycles. The Labute approximate surface area is 196 Å². The monoisotopic (exact) mass is 445 g/mol. The Hall–Kier alpha value is -2.04. The normalized spacial score (nSPS) is 12.6. The summed E-state index contributed by atoms with van der Waals surface area (Å²) >= 11 is 0. The van der Waals surface area contributed by atoms with E-state index in [2.05, 4.69) is 17.4 Å². The maximum atomic E-state index is 12.3. The van der Waals surface area contributed by atoms with Gasteiger partial charge in [-0.3, -0.25) is 4.79 Å². The minimum absolute atomic E-state index is 0.0234. The molecule has 0 heterocycles. The van der Waals surface area contributed by atoms with Gasteiger partial charge in [0.05, 0.1) is 6.04 Å². The molecule has 0 spiro atoms. The number of nitrogens with one attached hydrogen (secondary N) is 1. The molecule has 0 fully saturated rings. The number of hydrogen-bond acceptors (Lipinski definition) is 3. The summed E-state index contributed by atoms with van der Waals surface area (Å²) in [4.78, 5) is 12.3. The van der Waals surface area contributed by atoms with E-state index in [1.807, 2.05) is 31.2 Å². The number of amidine groups is 1. The van der Waals surface area contributed by atoms with Crippen molar-refractivity contribution in [3.05, 3.63) is 35.4 Å². The van der Waals surface area contributed by atoms with Crippen LogP contribution in [0, 0.1) is 0 Å². The van der Waals surface area contributed by atoms with Gasteiger partial charge in [0.2, 0.25) is 0 Å². The Kier molecular flexibility index (Phi) is 16.2. The van der Waals surface area contributed by atoms with Gasteiger partial charge < -0.3 is 16.3 Å². The van der Waals surface area contributed by atoms with E-state index >= 15 is 0 Å². The van der Waals surface area contributed by atoms with Crippen LogP contribution in [-0.2, 0) is 6.42 Å². The molecule has 0 aliphatic rings. The first kappa shape index (κ1) is 28.0. The van der Waals surface area contributed by atoms with Crippen LogP contribution in [0.15, 0.2) is 29.4 Å². The van der Waals surface area contributed by atoms with E-state index < -0.39 is 6.04 Å². The van der Waals surface area contributed by atoms with Gasteiger partial charge in [-0.25, -0.2) is 0 Å². The summed E-state index contributed by atoms with van der Waals surface area (Å²) in [6.07, 6.45) is 20.8. The van der Waals surface area contributed by atoms with Gasteiger partial charge in [0, 0.05) is 5.56 Å². The first-order valence-electron chi connectivity index (χ1n) is 13.0. The Morgan fingerprint density at radius 2 is 1.31 bits per heavy atom. The van der Waals surface area contributed by atoms with Gasteiger partial charge in [-0.05, 0) is 37.0 Å². The second kappa shape index (κ2) is 18.5. The van der Waals surface area contributed by atoms with Crippen LogP contribution < -0.4 is 11.1 Å². The zero-order valence-electron chi connectivity index (χ0n) is 20.6. The molecular weight excluding hydrogens is 398 g/mol. The van der Waals surface area contributed by atoms with Gasteiger partial charge in [0.25, 0.3) is 5.91 Å². The van der Waals surface area contributed by atoms with Crippen molar-refractivity contribution in [1.82, 2.24) is 5.32 Å². The summed E-state index contributed by atoms with van der Waals surface area (Å²) in [5, 5.41) is 14.6. The Morgan fingerprint density at radius 1 is 0.844 bits per heavy atom. The zero-order chi connectivity index (χ0) is 23.4. The lowest BCUT2D eigenvalue weighted by atomic mass is 10.0. The fourth-order valence-electron chi connectivity index (χ4n) is 4.04. The van der Waals surface area contributed by atoms with E-state index in [4.69, 9.17) is 10.9 Å². The molecule has 5 heteroatoms. The van der Waals surface area contributed by atoms with Crippen LogP contribution in [0.5, 0.6) is 0 Å². The molecule has 1 aromatic rings. The predicted octanol–water partition coefficient (Wildman–Crippen LogP) is 6.97. The number of rotatable bonds is 19. The second-order valence-corrected chi connectivity index (χ2v) is 9.00. The van der Waals surface area contributed by atoms with Crippen molar-refractivity contribution in [3.8, 4) is 0 Å². The molecule has 1 unspecified atom stereocenters. The molecule has 0 aliphatic carbocycles. The van der Waals surface area contributed by atoms with Crippen LogP contribution in [0.3, 0.4) is 0 Å². The van der Waals surface area contributed by atoms with Crippen LogP contribution in [0.2, 0.25) is 0 Å².